The molecule has 0 aromatic rings. The maximum absolute atomic E-state index is 10.7. The van der Waals surface area contributed by atoms with Crippen LogP contribution in [0.5, 0.6) is 0 Å². The number of nitrogens with two attached hydrogens (primary N) is 1. The van der Waals surface area contributed by atoms with E-state index in [1.165, 1.54) is 11.9 Å². The Labute approximate surface area is 76.7 Å². The van der Waals surface area contributed by atoms with Gasteiger partial charge in [-0.15, -0.1) is 0 Å². The minimum Gasteiger partial charge on any atom is -0.351 e. The molecular formula is C7H13N3OS. The molecule has 5 heteroatoms. The van der Waals surface area contributed by atoms with Gasteiger partial charge in [0.1, 0.15) is 6.04 Å². The second-order valence-electron chi connectivity index (χ2n) is 2.38. The number of carbonyl (C=O) groups excluding carboxylic acids is 1. The van der Waals surface area contributed by atoms with Crippen molar-refractivity contribution in [3.63, 3.8) is 0 Å². The van der Waals surface area contributed by atoms with Crippen molar-refractivity contribution in [3.8, 4) is 6.07 Å². The SMILES string of the molecule is CSCCC(C#N)N(C)C(N)=O. The Morgan fingerprint density at radius 2 is 2.42 bits per heavy atom. The summed E-state index contributed by atoms with van der Waals surface area (Å²) in [6.07, 6.45) is 2.62. The lowest BCUT2D eigenvalue weighted by Gasteiger charge is -2.19. The van der Waals surface area contributed by atoms with Gasteiger partial charge >= 0.3 is 6.03 Å². The summed E-state index contributed by atoms with van der Waals surface area (Å²) in [5.41, 5.74) is 5.01. The summed E-state index contributed by atoms with van der Waals surface area (Å²) in [7, 11) is 1.54. The van der Waals surface area contributed by atoms with Gasteiger partial charge in [0.15, 0.2) is 0 Å². The van der Waals surface area contributed by atoms with Gasteiger partial charge in [-0.05, 0) is 18.4 Å². The highest BCUT2D eigenvalue weighted by Crippen LogP contribution is 2.05. The van der Waals surface area contributed by atoms with Gasteiger partial charge in [0, 0.05) is 7.05 Å². The molecule has 1 unspecified atom stereocenters. The van der Waals surface area contributed by atoms with Crippen LogP contribution in [0.4, 0.5) is 4.79 Å². The van der Waals surface area contributed by atoms with Crippen molar-refractivity contribution in [1.29, 1.82) is 5.26 Å². The van der Waals surface area contributed by atoms with Crippen LogP contribution in [0.25, 0.3) is 0 Å². The second-order valence-corrected chi connectivity index (χ2v) is 3.36. The standard InChI is InChI=1S/C7H13N3OS/c1-10(7(9)11)6(5-8)3-4-12-2/h6H,3-4H2,1-2H3,(H2,9,11). The van der Waals surface area contributed by atoms with Crippen LogP contribution in [0.2, 0.25) is 0 Å². The Morgan fingerprint density at radius 3 is 2.75 bits per heavy atom. The van der Waals surface area contributed by atoms with E-state index >= 15 is 0 Å². The summed E-state index contributed by atoms with van der Waals surface area (Å²) < 4.78 is 0. The maximum atomic E-state index is 10.7. The number of hydrogen-bond acceptors (Lipinski definition) is 3. The molecule has 0 aromatic carbocycles. The van der Waals surface area contributed by atoms with Crippen LogP contribution < -0.4 is 5.73 Å². The number of amides is 2. The number of nitrogens with zero attached hydrogens (tertiary/aromatic N) is 2. The molecule has 0 aromatic heterocycles. The predicted octanol–water partition coefficient (Wildman–Crippen LogP) is 0.642. The van der Waals surface area contributed by atoms with E-state index < -0.39 is 12.1 Å². The quantitative estimate of drug-likeness (QED) is 0.702. The highest BCUT2D eigenvalue weighted by molar-refractivity contribution is 7.98. The van der Waals surface area contributed by atoms with E-state index in [2.05, 4.69) is 0 Å². The Balaban J connectivity index is 3.98. The summed E-state index contributed by atoms with van der Waals surface area (Å²) in [6.45, 7) is 0. The molecule has 0 aliphatic carbocycles. The lowest BCUT2D eigenvalue weighted by atomic mass is 10.2. The van der Waals surface area contributed by atoms with Crippen LogP contribution in [0.3, 0.4) is 0 Å². The van der Waals surface area contributed by atoms with Crippen LogP contribution in [0.1, 0.15) is 6.42 Å². The second kappa shape index (κ2) is 5.72. The number of primary amides is 1. The molecule has 0 spiro atoms. The molecular weight excluding hydrogens is 174 g/mol. The molecule has 4 nitrogen and oxygen atoms in total. The third-order valence-electron chi connectivity index (χ3n) is 1.56. The third-order valence-corrected chi connectivity index (χ3v) is 2.20. The molecule has 0 fully saturated rings. The van der Waals surface area contributed by atoms with Crippen molar-refractivity contribution in [3.05, 3.63) is 0 Å². The van der Waals surface area contributed by atoms with Gasteiger partial charge < -0.3 is 10.6 Å². The van der Waals surface area contributed by atoms with Crippen LogP contribution in [-0.4, -0.2) is 36.0 Å². The van der Waals surface area contributed by atoms with Gasteiger partial charge in [-0.2, -0.15) is 17.0 Å². The molecule has 12 heavy (non-hydrogen) atoms. The van der Waals surface area contributed by atoms with Crippen molar-refractivity contribution in [2.45, 2.75) is 12.5 Å². The van der Waals surface area contributed by atoms with Crippen molar-refractivity contribution >= 4 is 17.8 Å². The van der Waals surface area contributed by atoms with Crippen LogP contribution in [-0.2, 0) is 0 Å². The molecule has 0 bridgehead atoms. The van der Waals surface area contributed by atoms with Gasteiger partial charge in [0.2, 0.25) is 0 Å². The average Bonchev–Trinajstić information content (AvgIpc) is 2.05. The summed E-state index contributed by atoms with van der Waals surface area (Å²) in [5, 5.41) is 8.66. The topological polar surface area (TPSA) is 70.1 Å². The normalized spacial score (nSPS) is 11.8. The number of thioether (sulfide) groups is 1. The zero-order valence-corrected chi connectivity index (χ0v) is 8.10. The van der Waals surface area contributed by atoms with Gasteiger partial charge in [-0.25, -0.2) is 4.79 Å². The number of urea groups is 1. The minimum absolute atomic E-state index is 0.394. The average molecular weight is 187 g/mol. The lowest BCUT2D eigenvalue weighted by molar-refractivity contribution is 0.209. The van der Waals surface area contributed by atoms with Crippen molar-refractivity contribution in [1.82, 2.24) is 4.90 Å². The molecule has 1 atom stereocenters. The zero-order valence-electron chi connectivity index (χ0n) is 7.28. The minimum atomic E-state index is -0.553. The smallest absolute Gasteiger partial charge is 0.315 e. The Morgan fingerprint density at radius 1 is 1.83 bits per heavy atom. The van der Waals surface area contributed by atoms with Gasteiger partial charge in [0.25, 0.3) is 0 Å². The van der Waals surface area contributed by atoms with E-state index in [9.17, 15) is 4.79 Å². The number of rotatable bonds is 4. The fraction of sp³-hybridized carbons (Fsp3) is 0.714. The predicted molar refractivity (Wildman–Crippen MR) is 49.7 cm³/mol. The van der Waals surface area contributed by atoms with E-state index in [4.69, 9.17) is 11.0 Å². The van der Waals surface area contributed by atoms with Gasteiger partial charge in [-0.3, -0.25) is 0 Å². The first-order valence-electron chi connectivity index (χ1n) is 3.54. The number of carbonyl (C=O) groups is 1. The molecule has 0 rings (SSSR count). The number of hydrogen-bond donors (Lipinski definition) is 1. The van der Waals surface area contributed by atoms with Crippen LogP contribution >= 0.6 is 11.8 Å². The molecule has 0 saturated heterocycles. The van der Waals surface area contributed by atoms with Gasteiger partial charge in [-0.1, -0.05) is 0 Å². The van der Waals surface area contributed by atoms with E-state index in [-0.39, 0.29) is 0 Å². The molecule has 0 aliphatic rings. The van der Waals surface area contributed by atoms with Crippen LogP contribution in [0.15, 0.2) is 0 Å². The largest absolute Gasteiger partial charge is 0.351 e. The summed E-state index contributed by atoms with van der Waals surface area (Å²) in [4.78, 5) is 11.9. The molecule has 0 saturated carbocycles. The monoisotopic (exact) mass is 187 g/mol. The maximum Gasteiger partial charge on any atom is 0.315 e. The zero-order chi connectivity index (χ0) is 9.56. The summed E-state index contributed by atoms with van der Waals surface area (Å²) >= 11 is 1.64. The first-order chi connectivity index (χ1) is 5.63. The Hall–Kier alpha value is -0.890. The molecule has 68 valence electrons. The lowest BCUT2D eigenvalue weighted by Crippen LogP contribution is -2.40. The van der Waals surface area contributed by atoms with Crippen molar-refractivity contribution < 1.29 is 4.79 Å². The summed E-state index contributed by atoms with van der Waals surface area (Å²) in [6, 6.07) is 1.08. The van der Waals surface area contributed by atoms with Gasteiger partial charge in [0.05, 0.1) is 6.07 Å². The van der Waals surface area contributed by atoms with E-state index in [0.717, 1.165) is 5.75 Å². The third kappa shape index (κ3) is 3.49. The molecule has 0 aliphatic heterocycles. The fourth-order valence-electron chi connectivity index (χ4n) is 0.728. The fourth-order valence-corrected chi connectivity index (χ4v) is 1.19. The molecule has 2 amide bonds. The first kappa shape index (κ1) is 11.1. The van der Waals surface area contributed by atoms with E-state index in [1.807, 2.05) is 12.3 Å². The highest BCUT2D eigenvalue weighted by atomic mass is 32.2. The Kier molecular flexibility index (Phi) is 5.30. The van der Waals surface area contributed by atoms with Crippen LogP contribution in [0, 0.1) is 11.3 Å². The Bertz CT molecular complexity index is 190. The van der Waals surface area contributed by atoms with E-state index in [0.29, 0.717) is 6.42 Å². The van der Waals surface area contributed by atoms with Crippen molar-refractivity contribution in [2.75, 3.05) is 19.1 Å². The molecule has 0 radical (unpaired) electrons. The first-order valence-corrected chi connectivity index (χ1v) is 4.93. The number of nitriles is 1. The molecule has 0 heterocycles. The molecule has 2 N–H and O–H groups in total. The van der Waals surface area contributed by atoms with Crippen molar-refractivity contribution in [2.24, 2.45) is 5.73 Å². The van der Waals surface area contributed by atoms with E-state index in [1.54, 1.807) is 11.8 Å². The highest BCUT2D eigenvalue weighted by Gasteiger charge is 2.15. The summed E-state index contributed by atoms with van der Waals surface area (Å²) in [5.74, 6) is 0.857.